The first-order valence-corrected chi connectivity index (χ1v) is 8.66. The summed E-state index contributed by atoms with van der Waals surface area (Å²) in [5.41, 5.74) is 1.03. The van der Waals surface area contributed by atoms with E-state index in [4.69, 9.17) is 0 Å². The summed E-state index contributed by atoms with van der Waals surface area (Å²) in [5, 5.41) is 8.83. The van der Waals surface area contributed by atoms with Crippen LogP contribution in [0.4, 0.5) is 10.9 Å². The second-order valence-electron chi connectivity index (χ2n) is 5.81. The van der Waals surface area contributed by atoms with E-state index in [0.717, 1.165) is 37.7 Å². The van der Waals surface area contributed by atoms with Crippen molar-refractivity contribution < 1.29 is 4.79 Å². The van der Waals surface area contributed by atoms with Crippen molar-refractivity contribution >= 4 is 28.2 Å². The van der Waals surface area contributed by atoms with Crippen molar-refractivity contribution in [3.8, 4) is 0 Å². The van der Waals surface area contributed by atoms with Gasteiger partial charge in [0.15, 0.2) is 5.13 Å². The lowest BCUT2D eigenvalue weighted by atomic mass is 10.1. The lowest BCUT2D eigenvalue weighted by molar-refractivity contribution is -0.114. The Hall–Kier alpha value is -1.99. The molecule has 2 N–H and O–H groups in total. The lowest BCUT2D eigenvalue weighted by Gasteiger charge is -2.15. The molecule has 0 saturated carbocycles. The standard InChI is InChI=1S/C16H21N5OS/c1-12(22)19-16-20-14(11-23-16)10-21-7-5-13(9-21)8-18-15-4-2-3-6-17-15/h2-4,6,11,13H,5,7-10H2,1H3,(H,17,18)(H,19,20,22). The summed E-state index contributed by atoms with van der Waals surface area (Å²) in [6.07, 6.45) is 2.99. The zero-order valence-corrected chi connectivity index (χ0v) is 14.0. The smallest absolute Gasteiger partial charge is 0.223 e. The Morgan fingerprint density at radius 2 is 2.39 bits per heavy atom. The maximum Gasteiger partial charge on any atom is 0.223 e. The molecule has 1 aliphatic heterocycles. The van der Waals surface area contributed by atoms with Crippen LogP contribution in [0.5, 0.6) is 0 Å². The molecule has 3 rings (SSSR count). The van der Waals surface area contributed by atoms with E-state index in [-0.39, 0.29) is 5.91 Å². The number of amides is 1. The lowest BCUT2D eigenvalue weighted by Crippen LogP contribution is -2.23. The molecule has 0 radical (unpaired) electrons. The van der Waals surface area contributed by atoms with Crippen LogP contribution in [0.2, 0.25) is 0 Å². The molecular weight excluding hydrogens is 310 g/mol. The number of carbonyl (C=O) groups is 1. The number of rotatable bonds is 6. The first kappa shape index (κ1) is 15.9. The van der Waals surface area contributed by atoms with Crippen LogP contribution in [0.15, 0.2) is 29.8 Å². The number of nitrogens with one attached hydrogen (secondary N) is 2. The van der Waals surface area contributed by atoms with E-state index >= 15 is 0 Å². The number of thiazole rings is 1. The van der Waals surface area contributed by atoms with E-state index in [1.54, 1.807) is 6.20 Å². The van der Waals surface area contributed by atoms with Crippen molar-refractivity contribution in [1.29, 1.82) is 0 Å². The molecule has 0 bridgehead atoms. The fourth-order valence-electron chi connectivity index (χ4n) is 2.76. The number of hydrogen-bond acceptors (Lipinski definition) is 6. The van der Waals surface area contributed by atoms with Crippen LogP contribution in [0.3, 0.4) is 0 Å². The average molecular weight is 331 g/mol. The second-order valence-corrected chi connectivity index (χ2v) is 6.67. The molecule has 2 aromatic heterocycles. The minimum Gasteiger partial charge on any atom is -0.370 e. The fourth-order valence-corrected chi connectivity index (χ4v) is 3.50. The molecular formula is C16H21N5OS. The van der Waals surface area contributed by atoms with E-state index < -0.39 is 0 Å². The third kappa shape index (κ3) is 4.74. The zero-order chi connectivity index (χ0) is 16.1. The molecule has 23 heavy (non-hydrogen) atoms. The van der Waals surface area contributed by atoms with Gasteiger partial charge in [-0.2, -0.15) is 0 Å². The molecule has 1 saturated heterocycles. The van der Waals surface area contributed by atoms with E-state index in [9.17, 15) is 4.79 Å². The van der Waals surface area contributed by atoms with Gasteiger partial charge < -0.3 is 10.6 Å². The Balaban J connectivity index is 1.44. The van der Waals surface area contributed by atoms with Gasteiger partial charge in [-0.1, -0.05) is 6.07 Å². The van der Waals surface area contributed by atoms with Gasteiger partial charge in [-0.25, -0.2) is 9.97 Å². The summed E-state index contributed by atoms with van der Waals surface area (Å²) < 4.78 is 0. The fraction of sp³-hybridized carbons (Fsp3) is 0.438. The highest BCUT2D eigenvalue weighted by atomic mass is 32.1. The molecule has 0 aromatic carbocycles. The molecule has 2 aromatic rings. The molecule has 1 fully saturated rings. The molecule has 1 aliphatic rings. The Morgan fingerprint density at radius 3 is 3.17 bits per heavy atom. The average Bonchev–Trinajstić information content (AvgIpc) is 3.16. The van der Waals surface area contributed by atoms with Gasteiger partial charge in [0.05, 0.1) is 5.69 Å². The predicted octanol–water partition coefficient (Wildman–Crippen LogP) is 2.43. The predicted molar refractivity (Wildman–Crippen MR) is 92.5 cm³/mol. The highest BCUT2D eigenvalue weighted by molar-refractivity contribution is 7.13. The number of hydrogen-bond donors (Lipinski definition) is 2. The van der Waals surface area contributed by atoms with Crippen molar-refractivity contribution in [1.82, 2.24) is 14.9 Å². The monoisotopic (exact) mass is 331 g/mol. The minimum atomic E-state index is -0.0762. The van der Waals surface area contributed by atoms with Crippen LogP contribution >= 0.6 is 11.3 Å². The van der Waals surface area contributed by atoms with Crippen LogP contribution in [0.1, 0.15) is 19.0 Å². The van der Waals surface area contributed by atoms with Gasteiger partial charge >= 0.3 is 0 Å². The molecule has 1 atom stereocenters. The molecule has 122 valence electrons. The summed E-state index contributed by atoms with van der Waals surface area (Å²) >= 11 is 1.48. The summed E-state index contributed by atoms with van der Waals surface area (Å²) in [7, 11) is 0. The summed E-state index contributed by atoms with van der Waals surface area (Å²) in [6.45, 7) is 5.44. The number of pyridine rings is 1. The molecule has 3 heterocycles. The second kappa shape index (κ2) is 7.52. The number of likely N-dealkylation sites (tertiary alicyclic amines) is 1. The van der Waals surface area contributed by atoms with E-state index in [1.165, 1.54) is 24.7 Å². The normalized spacial score (nSPS) is 18.0. The van der Waals surface area contributed by atoms with Gasteiger partial charge in [-0.3, -0.25) is 9.69 Å². The molecule has 1 unspecified atom stereocenters. The number of carbonyl (C=O) groups excluding carboxylic acids is 1. The van der Waals surface area contributed by atoms with E-state index in [1.807, 2.05) is 23.6 Å². The van der Waals surface area contributed by atoms with Gasteiger partial charge in [0, 0.05) is 38.1 Å². The molecule has 0 spiro atoms. The van der Waals surface area contributed by atoms with Crippen molar-refractivity contribution in [2.45, 2.75) is 19.9 Å². The maximum atomic E-state index is 11.0. The Bertz CT molecular complexity index is 645. The molecule has 6 nitrogen and oxygen atoms in total. The SMILES string of the molecule is CC(=O)Nc1nc(CN2CCC(CNc3ccccn3)C2)cs1. The third-order valence-corrected chi connectivity index (χ3v) is 4.63. The topological polar surface area (TPSA) is 70.2 Å². The largest absolute Gasteiger partial charge is 0.370 e. The Morgan fingerprint density at radius 1 is 1.48 bits per heavy atom. The van der Waals surface area contributed by atoms with Crippen molar-refractivity contribution in [2.75, 3.05) is 30.3 Å². The van der Waals surface area contributed by atoms with Crippen molar-refractivity contribution in [2.24, 2.45) is 5.92 Å². The van der Waals surface area contributed by atoms with Gasteiger partial charge in [0.2, 0.25) is 5.91 Å². The van der Waals surface area contributed by atoms with Gasteiger partial charge in [0.1, 0.15) is 5.82 Å². The van der Waals surface area contributed by atoms with Crippen molar-refractivity contribution in [3.63, 3.8) is 0 Å². The maximum absolute atomic E-state index is 11.0. The van der Waals surface area contributed by atoms with E-state index in [0.29, 0.717) is 11.0 Å². The quantitative estimate of drug-likeness (QED) is 0.851. The van der Waals surface area contributed by atoms with Gasteiger partial charge in [-0.15, -0.1) is 11.3 Å². The van der Waals surface area contributed by atoms with Gasteiger partial charge in [0.25, 0.3) is 0 Å². The molecule has 1 amide bonds. The third-order valence-electron chi connectivity index (χ3n) is 3.83. The summed E-state index contributed by atoms with van der Waals surface area (Å²) in [5.74, 6) is 1.49. The molecule has 0 aliphatic carbocycles. The van der Waals surface area contributed by atoms with Gasteiger partial charge in [-0.05, 0) is 31.0 Å². The van der Waals surface area contributed by atoms with Crippen LogP contribution < -0.4 is 10.6 Å². The van der Waals surface area contributed by atoms with Crippen molar-refractivity contribution in [3.05, 3.63) is 35.5 Å². The summed E-state index contributed by atoms with van der Waals surface area (Å²) in [4.78, 5) is 22.2. The Kier molecular flexibility index (Phi) is 5.19. The first-order valence-electron chi connectivity index (χ1n) is 7.78. The number of anilines is 2. The highest BCUT2D eigenvalue weighted by Crippen LogP contribution is 2.21. The van der Waals surface area contributed by atoms with E-state index in [2.05, 4.69) is 25.5 Å². The van der Waals surface area contributed by atoms with Crippen LogP contribution in [0, 0.1) is 5.92 Å². The summed E-state index contributed by atoms with van der Waals surface area (Å²) in [6, 6.07) is 5.91. The molecule has 7 heteroatoms. The Labute approximate surface area is 140 Å². The zero-order valence-electron chi connectivity index (χ0n) is 13.2. The number of nitrogens with zero attached hydrogens (tertiary/aromatic N) is 3. The van der Waals surface area contributed by atoms with Crippen LogP contribution in [0.25, 0.3) is 0 Å². The first-order chi connectivity index (χ1) is 11.2. The van der Waals surface area contributed by atoms with Crippen LogP contribution in [-0.2, 0) is 11.3 Å². The highest BCUT2D eigenvalue weighted by Gasteiger charge is 2.23. The minimum absolute atomic E-state index is 0.0762. The van der Waals surface area contributed by atoms with Crippen LogP contribution in [-0.4, -0.2) is 40.4 Å². The number of aromatic nitrogens is 2.